The molecule has 1 aliphatic carbocycles. The average molecular weight is 201 g/mol. The van der Waals surface area contributed by atoms with Crippen LogP contribution in [0.4, 0.5) is 13.2 Å². The van der Waals surface area contributed by atoms with E-state index in [1.54, 1.807) is 6.07 Å². The van der Waals surface area contributed by atoms with E-state index in [-0.39, 0.29) is 12.8 Å². The second kappa shape index (κ2) is 2.97. The lowest BCUT2D eigenvalue weighted by molar-refractivity contribution is -0.212. The summed E-state index contributed by atoms with van der Waals surface area (Å²) in [6, 6.07) is 3.07. The van der Waals surface area contributed by atoms with Gasteiger partial charge < -0.3 is 0 Å². The number of hydrogen-bond acceptors (Lipinski definition) is 1. The van der Waals surface area contributed by atoms with Crippen LogP contribution in [-0.2, 0) is 5.41 Å². The van der Waals surface area contributed by atoms with Gasteiger partial charge in [0.2, 0.25) is 0 Å². The Morgan fingerprint density at radius 3 is 2.36 bits per heavy atom. The molecule has 1 aromatic heterocycles. The van der Waals surface area contributed by atoms with Gasteiger partial charge in [-0.15, -0.1) is 0 Å². The van der Waals surface area contributed by atoms with Crippen molar-refractivity contribution in [2.24, 2.45) is 0 Å². The number of alkyl halides is 3. The lowest BCUT2D eigenvalue weighted by atomic mass is 9.64. The Morgan fingerprint density at radius 2 is 2.00 bits per heavy atom. The third kappa shape index (κ3) is 1.21. The van der Waals surface area contributed by atoms with E-state index in [1.165, 1.54) is 18.5 Å². The van der Waals surface area contributed by atoms with Crippen LogP contribution in [0.15, 0.2) is 24.5 Å². The maximum absolute atomic E-state index is 12.8. The summed E-state index contributed by atoms with van der Waals surface area (Å²) in [5, 5.41) is 0. The van der Waals surface area contributed by atoms with Crippen LogP contribution < -0.4 is 0 Å². The van der Waals surface area contributed by atoms with Crippen LogP contribution in [0, 0.1) is 0 Å². The molecule has 0 aliphatic heterocycles. The topological polar surface area (TPSA) is 12.9 Å². The predicted molar refractivity (Wildman–Crippen MR) is 45.8 cm³/mol. The number of halogens is 3. The van der Waals surface area contributed by atoms with Gasteiger partial charge in [-0.3, -0.25) is 4.98 Å². The molecular formula is C10H10F3N. The molecule has 0 unspecified atom stereocenters. The van der Waals surface area contributed by atoms with Crippen molar-refractivity contribution in [1.82, 2.24) is 4.98 Å². The van der Waals surface area contributed by atoms with Crippen molar-refractivity contribution in [2.45, 2.75) is 30.9 Å². The molecule has 0 N–H and O–H groups in total. The molecular weight excluding hydrogens is 191 g/mol. The molecule has 0 radical (unpaired) electrons. The molecule has 2 rings (SSSR count). The van der Waals surface area contributed by atoms with Crippen molar-refractivity contribution in [3.05, 3.63) is 30.1 Å². The van der Waals surface area contributed by atoms with E-state index in [1.807, 2.05) is 0 Å². The number of nitrogens with zero attached hydrogens (tertiary/aromatic N) is 1. The summed E-state index contributed by atoms with van der Waals surface area (Å²) in [5.74, 6) is 0. The summed E-state index contributed by atoms with van der Waals surface area (Å²) in [6.07, 6.45) is -0.286. The minimum atomic E-state index is -4.14. The highest BCUT2D eigenvalue weighted by Gasteiger charge is 2.59. The van der Waals surface area contributed by atoms with Crippen LogP contribution in [0.1, 0.15) is 24.8 Å². The molecule has 1 heterocycles. The van der Waals surface area contributed by atoms with Gasteiger partial charge in [-0.25, -0.2) is 0 Å². The largest absolute Gasteiger partial charge is 0.398 e. The number of rotatable bonds is 1. The molecule has 1 saturated carbocycles. The zero-order valence-electron chi connectivity index (χ0n) is 7.51. The van der Waals surface area contributed by atoms with Gasteiger partial charge in [0.15, 0.2) is 0 Å². The van der Waals surface area contributed by atoms with E-state index in [0.717, 1.165) is 0 Å². The maximum atomic E-state index is 12.8. The Hall–Kier alpha value is -1.06. The fraction of sp³-hybridized carbons (Fsp3) is 0.500. The highest BCUT2D eigenvalue weighted by atomic mass is 19.4. The van der Waals surface area contributed by atoms with Crippen LogP contribution in [0.2, 0.25) is 0 Å². The normalized spacial score (nSPS) is 20.2. The first-order valence-corrected chi connectivity index (χ1v) is 4.53. The van der Waals surface area contributed by atoms with Gasteiger partial charge in [-0.05, 0) is 24.5 Å². The van der Waals surface area contributed by atoms with Crippen molar-refractivity contribution in [2.75, 3.05) is 0 Å². The van der Waals surface area contributed by atoms with E-state index in [2.05, 4.69) is 4.98 Å². The third-order valence-corrected chi connectivity index (χ3v) is 2.96. The molecule has 4 heteroatoms. The SMILES string of the molecule is FC(F)(F)C1(c2cccnc2)CCC1. The second-order valence-corrected chi connectivity index (χ2v) is 3.68. The highest BCUT2D eigenvalue weighted by molar-refractivity contribution is 5.27. The lowest BCUT2D eigenvalue weighted by Gasteiger charge is -2.43. The Morgan fingerprint density at radius 1 is 1.29 bits per heavy atom. The van der Waals surface area contributed by atoms with E-state index in [9.17, 15) is 13.2 Å². The minimum Gasteiger partial charge on any atom is -0.264 e. The van der Waals surface area contributed by atoms with Crippen molar-refractivity contribution in [1.29, 1.82) is 0 Å². The number of hydrogen-bond donors (Lipinski definition) is 0. The first-order chi connectivity index (χ1) is 6.56. The predicted octanol–water partition coefficient (Wildman–Crippen LogP) is 3.07. The van der Waals surface area contributed by atoms with Gasteiger partial charge in [-0.2, -0.15) is 13.2 Å². The molecule has 0 spiro atoms. The molecule has 1 aromatic rings. The van der Waals surface area contributed by atoms with E-state index in [0.29, 0.717) is 12.0 Å². The molecule has 0 aromatic carbocycles. The zero-order valence-corrected chi connectivity index (χ0v) is 7.51. The van der Waals surface area contributed by atoms with Gasteiger partial charge in [0.05, 0.1) is 5.41 Å². The second-order valence-electron chi connectivity index (χ2n) is 3.68. The van der Waals surface area contributed by atoms with Crippen LogP contribution in [0.25, 0.3) is 0 Å². The van der Waals surface area contributed by atoms with Gasteiger partial charge in [0.1, 0.15) is 0 Å². The summed E-state index contributed by atoms with van der Waals surface area (Å²) in [7, 11) is 0. The third-order valence-electron chi connectivity index (χ3n) is 2.96. The summed E-state index contributed by atoms with van der Waals surface area (Å²) >= 11 is 0. The molecule has 1 nitrogen and oxygen atoms in total. The van der Waals surface area contributed by atoms with Crippen molar-refractivity contribution >= 4 is 0 Å². The maximum Gasteiger partial charge on any atom is 0.398 e. The minimum absolute atomic E-state index is 0.197. The summed E-state index contributed by atoms with van der Waals surface area (Å²) in [4.78, 5) is 3.75. The Bertz CT molecular complexity index is 314. The summed E-state index contributed by atoms with van der Waals surface area (Å²) in [5.41, 5.74) is -1.31. The molecule has 76 valence electrons. The first kappa shape index (κ1) is 9.49. The van der Waals surface area contributed by atoms with Gasteiger partial charge in [0, 0.05) is 12.4 Å². The molecule has 0 bridgehead atoms. The Kier molecular flexibility index (Phi) is 2.01. The highest BCUT2D eigenvalue weighted by Crippen LogP contribution is 2.54. The quantitative estimate of drug-likeness (QED) is 0.680. The van der Waals surface area contributed by atoms with Crippen LogP contribution in [-0.4, -0.2) is 11.2 Å². The van der Waals surface area contributed by atoms with Crippen molar-refractivity contribution in [3.63, 3.8) is 0 Å². The standard InChI is InChI=1S/C10H10F3N/c11-10(12,13)9(4-2-5-9)8-3-1-6-14-7-8/h1,3,6-7H,2,4-5H2. The van der Waals surface area contributed by atoms with Crippen molar-refractivity contribution < 1.29 is 13.2 Å². The molecule has 14 heavy (non-hydrogen) atoms. The smallest absolute Gasteiger partial charge is 0.264 e. The Labute approximate surface area is 80.0 Å². The molecule has 0 amide bonds. The van der Waals surface area contributed by atoms with Crippen LogP contribution >= 0.6 is 0 Å². The molecule has 0 atom stereocenters. The van der Waals surface area contributed by atoms with E-state index in [4.69, 9.17) is 0 Å². The van der Waals surface area contributed by atoms with Crippen LogP contribution in [0.5, 0.6) is 0 Å². The number of aromatic nitrogens is 1. The zero-order chi connectivity index (χ0) is 10.2. The fourth-order valence-electron chi connectivity index (χ4n) is 1.91. The van der Waals surface area contributed by atoms with Crippen LogP contribution in [0.3, 0.4) is 0 Å². The van der Waals surface area contributed by atoms with E-state index >= 15 is 0 Å². The summed E-state index contributed by atoms with van der Waals surface area (Å²) in [6.45, 7) is 0. The Balaban J connectivity index is 2.39. The number of pyridine rings is 1. The van der Waals surface area contributed by atoms with E-state index < -0.39 is 11.6 Å². The molecule has 1 aliphatic rings. The lowest BCUT2D eigenvalue weighted by Crippen LogP contribution is -2.47. The summed E-state index contributed by atoms with van der Waals surface area (Å²) < 4.78 is 38.4. The first-order valence-electron chi connectivity index (χ1n) is 4.53. The van der Waals surface area contributed by atoms with Crippen molar-refractivity contribution in [3.8, 4) is 0 Å². The molecule has 0 saturated heterocycles. The monoisotopic (exact) mass is 201 g/mol. The van der Waals surface area contributed by atoms with Gasteiger partial charge >= 0.3 is 6.18 Å². The molecule has 1 fully saturated rings. The van der Waals surface area contributed by atoms with Gasteiger partial charge in [0.25, 0.3) is 0 Å². The average Bonchev–Trinajstić information content (AvgIpc) is 2.01. The fourth-order valence-corrected chi connectivity index (χ4v) is 1.91. The van der Waals surface area contributed by atoms with Gasteiger partial charge in [-0.1, -0.05) is 12.5 Å².